The van der Waals surface area contributed by atoms with Crippen molar-refractivity contribution >= 4 is 33.8 Å². The molecule has 0 radical (unpaired) electrons. The molecule has 4 heteroatoms. The third kappa shape index (κ3) is 2.27. The van der Waals surface area contributed by atoms with E-state index < -0.39 is 0 Å². The number of hydrogen-bond donors (Lipinski definition) is 0. The first-order valence-corrected chi connectivity index (χ1v) is 4.25. The second-order valence-corrected chi connectivity index (χ2v) is 3.30. The summed E-state index contributed by atoms with van der Waals surface area (Å²) >= 11 is 8.73. The first kappa shape index (κ1) is 8.68. The molecular weight excluding hydrogens is 229 g/mol. The van der Waals surface area contributed by atoms with Gasteiger partial charge in [0.25, 0.3) is 0 Å². The summed E-state index contributed by atoms with van der Waals surface area (Å²) in [5, 5.41) is 0.397. The van der Waals surface area contributed by atoms with Gasteiger partial charge in [-0.05, 0) is 12.1 Å². The van der Waals surface area contributed by atoms with Gasteiger partial charge < -0.3 is 4.79 Å². The highest BCUT2D eigenvalue weighted by atomic mass is 79.9. The monoisotopic (exact) mass is 233 g/mol. The lowest BCUT2D eigenvalue weighted by molar-refractivity contribution is -0.107. The summed E-state index contributed by atoms with van der Waals surface area (Å²) in [7, 11) is 0. The summed E-state index contributed by atoms with van der Waals surface area (Å²) < 4.78 is 0. The average molecular weight is 234 g/mol. The zero-order chi connectivity index (χ0) is 8.27. The van der Waals surface area contributed by atoms with Crippen LogP contribution in [-0.2, 0) is 4.79 Å². The lowest BCUT2D eigenvalue weighted by Crippen LogP contribution is -1.93. The summed E-state index contributed by atoms with van der Waals surface area (Å²) in [6, 6.07) is 5.15. The minimum absolute atomic E-state index is 0.360. The number of carbonyl (C=O) groups is 1. The van der Waals surface area contributed by atoms with Gasteiger partial charge in [-0.2, -0.15) is 0 Å². The van der Waals surface area contributed by atoms with Gasteiger partial charge in [0, 0.05) is 0 Å². The van der Waals surface area contributed by atoms with Crippen molar-refractivity contribution in [3.63, 3.8) is 0 Å². The Morgan fingerprint density at radius 3 is 2.91 bits per heavy atom. The van der Waals surface area contributed by atoms with Gasteiger partial charge in [0.1, 0.15) is 16.3 Å². The first-order valence-electron chi connectivity index (χ1n) is 2.96. The Kier molecular flexibility index (Phi) is 3.02. The van der Waals surface area contributed by atoms with Gasteiger partial charge in [-0.3, -0.25) is 0 Å². The molecule has 2 nitrogen and oxygen atoms in total. The molecule has 1 atom stereocenters. The molecule has 1 aromatic heterocycles. The molecule has 0 aliphatic rings. The fourth-order valence-electron chi connectivity index (χ4n) is 0.647. The molecule has 58 valence electrons. The lowest BCUT2D eigenvalue weighted by Gasteiger charge is -1.99. The van der Waals surface area contributed by atoms with Gasteiger partial charge in [-0.25, -0.2) is 4.98 Å². The van der Waals surface area contributed by atoms with Gasteiger partial charge in [0.2, 0.25) is 0 Å². The number of nitrogens with zero attached hydrogens (tertiary/aromatic N) is 1. The van der Waals surface area contributed by atoms with Crippen molar-refractivity contribution in [2.75, 3.05) is 0 Å². The second kappa shape index (κ2) is 3.83. The molecule has 0 N–H and O–H groups in total. The summed E-state index contributed by atoms with van der Waals surface area (Å²) in [5.74, 6) is 0. The van der Waals surface area contributed by atoms with Crippen molar-refractivity contribution in [2.24, 2.45) is 0 Å². The molecular formula is C7H5BrClNO. The number of alkyl halides is 1. The fourth-order valence-corrected chi connectivity index (χ4v) is 1.07. The van der Waals surface area contributed by atoms with E-state index in [-0.39, 0.29) is 4.83 Å². The van der Waals surface area contributed by atoms with Crippen LogP contribution in [-0.4, -0.2) is 11.3 Å². The van der Waals surface area contributed by atoms with Crippen molar-refractivity contribution in [1.82, 2.24) is 4.98 Å². The highest BCUT2D eigenvalue weighted by Crippen LogP contribution is 2.18. The minimum Gasteiger partial charge on any atom is -0.302 e. The largest absolute Gasteiger partial charge is 0.302 e. The van der Waals surface area contributed by atoms with Crippen LogP contribution in [0.2, 0.25) is 5.15 Å². The van der Waals surface area contributed by atoms with Crippen molar-refractivity contribution in [1.29, 1.82) is 0 Å². The number of hydrogen-bond acceptors (Lipinski definition) is 2. The maximum Gasteiger partial charge on any atom is 0.139 e. The molecule has 0 aromatic carbocycles. The van der Waals surface area contributed by atoms with Crippen LogP contribution in [0.25, 0.3) is 0 Å². The Hall–Kier alpha value is -0.410. The van der Waals surface area contributed by atoms with E-state index in [4.69, 9.17) is 11.6 Å². The number of aldehydes is 1. The summed E-state index contributed by atoms with van der Waals surface area (Å²) in [4.78, 5) is 13.9. The Morgan fingerprint density at radius 2 is 2.36 bits per heavy atom. The standard InChI is InChI=1S/C7H5BrClNO/c8-5(4-11)6-2-1-3-7(9)10-6/h1-5H. The fraction of sp³-hybridized carbons (Fsp3) is 0.143. The van der Waals surface area contributed by atoms with E-state index in [0.29, 0.717) is 10.8 Å². The first-order chi connectivity index (χ1) is 5.24. The van der Waals surface area contributed by atoms with E-state index in [1.165, 1.54) is 0 Å². The quantitative estimate of drug-likeness (QED) is 0.447. The Bertz CT molecular complexity index is 266. The highest BCUT2D eigenvalue weighted by molar-refractivity contribution is 9.09. The summed E-state index contributed by atoms with van der Waals surface area (Å²) in [5.41, 5.74) is 0.632. The number of carbonyl (C=O) groups excluding carboxylic acids is 1. The smallest absolute Gasteiger partial charge is 0.139 e. The summed E-state index contributed by atoms with van der Waals surface area (Å²) in [6.07, 6.45) is 0.763. The normalized spacial score (nSPS) is 12.5. The molecule has 0 fully saturated rings. The van der Waals surface area contributed by atoms with Crippen LogP contribution in [0, 0.1) is 0 Å². The van der Waals surface area contributed by atoms with E-state index in [1.54, 1.807) is 18.2 Å². The van der Waals surface area contributed by atoms with Gasteiger partial charge in [-0.1, -0.05) is 33.6 Å². The molecule has 1 unspecified atom stereocenters. The van der Waals surface area contributed by atoms with Gasteiger partial charge in [0.05, 0.1) is 5.69 Å². The molecule has 0 saturated heterocycles. The van der Waals surface area contributed by atoms with Crippen LogP contribution in [0.15, 0.2) is 18.2 Å². The number of pyridine rings is 1. The average Bonchev–Trinajstić information content (AvgIpc) is 2.03. The molecule has 1 aromatic rings. The van der Waals surface area contributed by atoms with Crippen molar-refractivity contribution in [3.05, 3.63) is 29.0 Å². The van der Waals surface area contributed by atoms with Crippen molar-refractivity contribution in [2.45, 2.75) is 4.83 Å². The number of rotatable bonds is 2. The van der Waals surface area contributed by atoms with Crippen LogP contribution in [0.3, 0.4) is 0 Å². The van der Waals surface area contributed by atoms with Crippen LogP contribution in [0.5, 0.6) is 0 Å². The molecule has 1 heterocycles. The van der Waals surface area contributed by atoms with Crippen LogP contribution in [0.1, 0.15) is 10.5 Å². The van der Waals surface area contributed by atoms with Gasteiger partial charge in [0.15, 0.2) is 0 Å². The molecule has 0 spiro atoms. The van der Waals surface area contributed by atoms with Crippen molar-refractivity contribution in [3.8, 4) is 0 Å². The Balaban J connectivity index is 2.95. The SMILES string of the molecule is O=CC(Br)c1cccc(Cl)n1. The van der Waals surface area contributed by atoms with E-state index in [9.17, 15) is 4.79 Å². The Morgan fingerprint density at radius 1 is 1.64 bits per heavy atom. The third-order valence-corrected chi connectivity index (χ3v) is 2.03. The van der Waals surface area contributed by atoms with Gasteiger partial charge >= 0.3 is 0 Å². The zero-order valence-corrected chi connectivity index (χ0v) is 7.84. The molecule has 0 amide bonds. The van der Waals surface area contributed by atoms with Crippen LogP contribution < -0.4 is 0 Å². The molecule has 0 aliphatic heterocycles. The predicted molar refractivity (Wildman–Crippen MR) is 47.0 cm³/mol. The second-order valence-electron chi connectivity index (χ2n) is 1.92. The van der Waals surface area contributed by atoms with Crippen LogP contribution in [0.4, 0.5) is 0 Å². The van der Waals surface area contributed by atoms with E-state index in [2.05, 4.69) is 20.9 Å². The topological polar surface area (TPSA) is 30.0 Å². The molecule has 11 heavy (non-hydrogen) atoms. The Labute approximate surface area is 77.7 Å². The van der Waals surface area contributed by atoms with Gasteiger partial charge in [-0.15, -0.1) is 0 Å². The van der Waals surface area contributed by atoms with E-state index in [1.807, 2.05) is 0 Å². The molecule has 1 rings (SSSR count). The lowest BCUT2D eigenvalue weighted by atomic mass is 10.3. The van der Waals surface area contributed by atoms with E-state index >= 15 is 0 Å². The van der Waals surface area contributed by atoms with E-state index in [0.717, 1.165) is 6.29 Å². The predicted octanol–water partition coefficient (Wildman–Crippen LogP) is 2.37. The number of aromatic nitrogens is 1. The maximum absolute atomic E-state index is 10.3. The van der Waals surface area contributed by atoms with Crippen molar-refractivity contribution < 1.29 is 4.79 Å². The molecule has 0 aliphatic carbocycles. The maximum atomic E-state index is 10.3. The summed E-state index contributed by atoms with van der Waals surface area (Å²) in [6.45, 7) is 0. The molecule has 0 bridgehead atoms. The molecule has 0 saturated carbocycles. The van der Waals surface area contributed by atoms with Crippen LogP contribution >= 0.6 is 27.5 Å². The highest BCUT2D eigenvalue weighted by Gasteiger charge is 2.06. The zero-order valence-electron chi connectivity index (χ0n) is 5.50. The third-order valence-electron chi connectivity index (χ3n) is 1.14. The number of halogens is 2. The minimum atomic E-state index is -0.360.